The number of nitrogens with two attached hydrogens (primary N) is 1. The van der Waals surface area contributed by atoms with Crippen molar-refractivity contribution in [1.29, 1.82) is 0 Å². The van der Waals surface area contributed by atoms with Gasteiger partial charge in [0.15, 0.2) is 0 Å². The molecule has 0 radical (unpaired) electrons. The fraction of sp³-hybridized carbons (Fsp3) is 0.294. The fourth-order valence-corrected chi connectivity index (χ4v) is 2.69. The molecule has 1 aliphatic heterocycles. The highest BCUT2D eigenvalue weighted by atomic mass is 16.5. The molecule has 2 N–H and O–H groups in total. The second-order valence-electron chi connectivity index (χ2n) is 5.11. The molecule has 104 valence electrons. The molecule has 3 nitrogen and oxygen atoms in total. The lowest BCUT2D eigenvalue weighted by atomic mass is 10.2. The van der Waals surface area contributed by atoms with Crippen molar-refractivity contribution in [2.24, 2.45) is 0 Å². The Morgan fingerprint density at radius 2 is 1.85 bits per heavy atom. The van der Waals surface area contributed by atoms with Crippen molar-refractivity contribution in [3.8, 4) is 5.75 Å². The van der Waals surface area contributed by atoms with Crippen LogP contribution in [0, 0.1) is 0 Å². The maximum Gasteiger partial charge on any atom is 0.142 e. The van der Waals surface area contributed by atoms with Gasteiger partial charge in [-0.1, -0.05) is 30.3 Å². The summed E-state index contributed by atoms with van der Waals surface area (Å²) in [5.41, 5.74) is 9.40. The van der Waals surface area contributed by atoms with Crippen LogP contribution in [0.25, 0.3) is 0 Å². The lowest BCUT2D eigenvalue weighted by Crippen LogP contribution is -2.23. The van der Waals surface area contributed by atoms with Gasteiger partial charge in [-0.25, -0.2) is 0 Å². The van der Waals surface area contributed by atoms with Crippen LogP contribution in [0.3, 0.4) is 0 Å². The number of anilines is 2. The van der Waals surface area contributed by atoms with Gasteiger partial charge in [0.1, 0.15) is 5.75 Å². The van der Waals surface area contributed by atoms with E-state index in [9.17, 15) is 0 Å². The Morgan fingerprint density at radius 1 is 1.05 bits per heavy atom. The van der Waals surface area contributed by atoms with Gasteiger partial charge in [0.25, 0.3) is 0 Å². The van der Waals surface area contributed by atoms with Crippen molar-refractivity contribution in [1.82, 2.24) is 0 Å². The summed E-state index contributed by atoms with van der Waals surface area (Å²) in [5, 5.41) is 0. The fourth-order valence-electron chi connectivity index (χ4n) is 2.69. The van der Waals surface area contributed by atoms with Gasteiger partial charge in [-0.15, -0.1) is 0 Å². The van der Waals surface area contributed by atoms with E-state index in [0.717, 1.165) is 31.7 Å². The monoisotopic (exact) mass is 268 g/mol. The molecule has 0 fully saturated rings. The number of nitrogen functional groups attached to an aromatic ring is 1. The Bertz CT molecular complexity index is 583. The zero-order valence-electron chi connectivity index (χ0n) is 11.6. The molecule has 3 rings (SSSR count). The molecule has 0 unspecified atom stereocenters. The zero-order valence-corrected chi connectivity index (χ0v) is 11.6. The molecule has 0 aliphatic carbocycles. The highest BCUT2D eigenvalue weighted by Gasteiger charge is 2.17. The highest BCUT2D eigenvalue weighted by molar-refractivity contribution is 5.57. The Hall–Kier alpha value is -2.16. The predicted molar refractivity (Wildman–Crippen MR) is 83.3 cm³/mol. The predicted octanol–water partition coefficient (Wildman–Crippen LogP) is 3.10. The van der Waals surface area contributed by atoms with E-state index in [-0.39, 0.29) is 0 Å². The van der Waals surface area contributed by atoms with Crippen LogP contribution in [-0.4, -0.2) is 19.7 Å². The normalized spacial score (nSPS) is 13.3. The minimum Gasteiger partial charge on any atom is -0.491 e. The Balaban J connectivity index is 1.49. The SMILES string of the molecule is Nc1ccccc1OCCCN1CCc2ccccc21. The molecule has 0 amide bonds. The van der Waals surface area contributed by atoms with E-state index in [1.54, 1.807) is 0 Å². The maximum atomic E-state index is 5.85. The molecule has 3 heteroatoms. The summed E-state index contributed by atoms with van der Waals surface area (Å²) in [5.74, 6) is 0.786. The number of ether oxygens (including phenoxy) is 1. The number of hydrogen-bond donors (Lipinski definition) is 1. The Morgan fingerprint density at radius 3 is 2.75 bits per heavy atom. The molecular weight excluding hydrogens is 248 g/mol. The maximum absolute atomic E-state index is 5.85. The molecule has 0 atom stereocenters. The number of rotatable bonds is 5. The average Bonchev–Trinajstić information content (AvgIpc) is 2.89. The minimum absolute atomic E-state index is 0.701. The van der Waals surface area contributed by atoms with Gasteiger partial charge in [-0.3, -0.25) is 0 Å². The van der Waals surface area contributed by atoms with Crippen molar-refractivity contribution in [3.63, 3.8) is 0 Å². The third-order valence-electron chi connectivity index (χ3n) is 3.73. The summed E-state index contributed by atoms with van der Waals surface area (Å²) in [6, 6.07) is 16.3. The first-order valence-electron chi connectivity index (χ1n) is 7.15. The first kappa shape index (κ1) is 12.9. The van der Waals surface area contributed by atoms with E-state index in [1.807, 2.05) is 24.3 Å². The number of nitrogens with zero attached hydrogens (tertiary/aromatic N) is 1. The smallest absolute Gasteiger partial charge is 0.142 e. The van der Waals surface area contributed by atoms with Crippen LogP contribution < -0.4 is 15.4 Å². The summed E-state index contributed by atoms with van der Waals surface area (Å²) < 4.78 is 5.73. The number of hydrogen-bond acceptors (Lipinski definition) is 3. The zero-order chi connectivity index (χ0) is 13.8. The molecule has 2 aromatic rings. The lowest BCUT2D eigenvalue weighted by Gasteiger charge is -2.19. The highest BCUT2D eigenvalue weighted by Crippen LogP contribution is 2.27. The summed E-state index contributed by atoms with van der Waals surface area (Å²) in [6.07, 6.45) is 2.16. The van der Waals surface area contributed by atoms with Crippen LogP contribution in [0.2, 0.25) is 0 Å². The summed E-state index contributed by atoms with van der Waals surface area (Å²) in [7, 11) is 0. The first-order chi connectivity index (χ1) is 9.84. The van der Waals surface area contributed by atoms with Gasteiger partial charge in [-0.05, 0) is 36.6 Å². The summed E-state index contributed by atoms with van der Waals surface area (Å²) in [6.45, 7) is 2.85. The molecule has 0 spiro atoms. The van der Waals surface area contributed by atoms with Crippen LogP contribution in [-0.2, 0) is 6.42 Å². The third-order valence-corrected chi connectivity index (χ3v) is 3.73. The Kier molecular flexibility index (Phi) is 3.77. The van der Waals surface area contributed by atoms with Crippen molar-refractivity contribution in [3.05, 3.63) is 54.1 Å². The average molecular weight is 268 g/mol. The lowest BCUT2D eigenvalue weighted by molar-refractivity contribution is 0.314. The van der Waals surface area contributed by atoms with Crippen molar-refractivity contribution in [2.45, 2.75) is 12.8 Å². The molecular formula is C17H20N2O. The van der Waals surface area contributed by atoms with Crippen LogP contribution in [0.15, 0.2) is 48.5 Å². The van der Waals surface area contributed by atoms with Crippen molar-refractivity contribution in [2.75, 3.05) is 30.3 Å². The van der Waals surface area contributed by atoms with E-state index in [4.69, 9.17) is 10.5 Å². The van der Waals surface area contributed by atoms with Gasteiger partial charge in [0.2, 0.25) is 0 Å². The van der Waals surface area contributed by atoms with Crippen LogP contribution in [0.5, 0.6) is 5.75 Å². The minimum atomic E-state index is 0.701. The number of fused-ring (bicyclic) bond motifs is 1. The van der Waals surface area contributed by atoms with E-state index >= 15 is 0 Å². The van der Waals surface area contributed by atoms with E-state index in [1.165, 1.54) is 11.3 Å². The van der Waals surface area contributed by atoms with Gasteiger partial charge >= 0.3 is 0 Å². The Labute approximate surface area is 120 Å². The van der Waals surface area contributed by atoms with Crippen LogP contribution in [0.4, 0.5) is 11.4 Å². The molecule has 1 heterocycles. The molecule has 20 heavy (non-hydrogen) atoms. The molecule has 1 aliphatic rings. The summed E-state index contributed by atoms with van der Waals surface area (Å²) >= 11 is 0. The van der Waals surface area contributed by atoms with Gasteiger partial charge in [0, 0.05) is 18.8 Å². The topological polar surface area (TPSA) is 38.5 Å². The number of para-hydroxylation sites is 3. The molecule has 0 saturated carbocycles. The van der Waals surface area contributed by atoms with Crippen LogP contribution in [0.1, 0.15) is 12.0 Å². The standard InChI is InChI=1S/C17H20N2O/c18-15-7-2-4-9-17(15)20-13-5-11-19-12-10-14-6-1-3-8-16(14)19/h1-4,6-9H,5,10-13,18H2. The van der Waals surface area contributed by atoms with Crippen molar-refractivity contribution < 1.29 is 4.74 Å². The molecule has 2 aromatic carbocycles. The van der Waals surface area contributed by atoms with Crippen LogP contribution >= 0.6 is 0 Å². The van der Waals surface area contributed by atoms with E-state index in [2.05, 4.69) is 29.2 Å². The van der Waals surface area contributed by atoms with Gasteiger partial charge in [0.05, 0.1) is 12.3 Å². The molecule has 0 aromatic heterocycles. The quantitative estimate of drug-likeness (QED) is 0.669. The molecule has 0 bridgehead atoms. The van der Waals surface area contributed by atoms with Gasteiger partial charge < -0.3 is 15.4 Å². The third kappa shape index (κ3) is 2.72. The second-order valence-corrected chi connectivity index (χ2v) is 5.11. The van der Waals surface area contributed by atoms with Crippen molar-refractivity contribution >= 4 is 11.4 Å². The largest absolute Gasteiger partial charge is 0.491 e. The first-order valence-corrected chi connectivity index (χ1v) is 7.15. The summed E-state index contributed by atoms with van der Waals surface area (Å²) in [4.78, 5) is 2.44. The van der Waals surface area contributed by atoms with E-state index < -0.39 is 0 Å². The second kappa shape index (κ2) is 5.87. The number of benzene rings is 2. The molecule has 0 saturated heterocycles. The van der Waals surface area contributed by atoms with E-state index in [0.29, 0.717) is 12.3 Å². The van der Waals surface area contributed by atoms with Gasteiger partial charge in [-0.2, -0.15) is 0 Å².